The van der Waals surface area contributed by atoms with Crippen LogP contribution in [-0.2, 0) is 4.79 Å². The highest BCUT2D eigenvalue weighted by atomic mass is 35.5. The number of carbonyl (C=O) groups excluding carboxylic acids is 1. The molecule has 1 aliphatic heterocycles. The van der Waals surface area contributed by atoms with E-state index in [0.29, 0.717) is 15.6 Å². The van der Waals surface area contributed by atoms with Crippen molar-refractivity contribution < 1.29 is 14.7 Å². The molecule has 0 unspecified atom stereocenters. The molecular weight excluding hydrogens is 250 g/mol. The highest BCUT2D eigenvalue weighted by Gasteiger charge is 2.28. The van der Waals surface area contributed by atoms with E-state index in [4.69, 9.17) is 16.7 Å². The maximum atomic E-state index is 11.5. The zero-order valence-corrected chi connectivity index (χ0v) is 9.93. The summed E-state index contributed by atoms with van der Waals surface area (Å²) in [5.41, 5.74) is 0.673. The molecule has 0 radical (unpaired) electrons. The fourth-order valence-electron chi connectivity index (χ4n) is 1.53. The fourth-order valence-corrected chi connectivity index (χ4v) is 3.03. The monoisotopic (exact) mass is 257 g/mol. The molecule has 16 heavy (non-hydrogen) atoms. The minimum atomic E-state index is -1.01. The Balaban J connectivity index is 2.67. The molecule has 1 N–H and O–H groups in total. The van der Waals surface area contributed by atoms with E-state index in [9.17, 15) is 9.59 Å². The van der Waals surface area contributed by atoms with Crippen LogP contribution in [0.1, 0.15) is 10.4 Å². The van der Waals surface area contributed by atoms with Gasteiger partial charge in [0.15, 0.2) is 0 Å². The van der Waals surface area contributed by atoms with E-state index in [1.807, 2.05) is 0 Å². The lowest BCUT2D eigenvalue weighted by molar-refractivity contribution is -0.116. The molecule has 1 aromatic rings. The highest BCUT2D eigenvalue weighted by Crippen LogP contribution is 2.41. The number of benzene rings is 1. The minimum Gasteiger partial charge on any atom is -0.478 e. The summed E-state index contributed by atoms with van der Waals surface area (Å²) in [5.74, 6) is -0.852. The number of carboxylic acid groups (broad SMARTS) is 1. The van der Waals surface area contributed by atoms with Crippen LogP contribution in [0.3, 0.4) is 0 Å². The first kappa shape index (κ1) is 11.3. The van der Waals surface area contributed by atoms with Crippen LogP contribution in [0.2, 0.25) is 5.02 Å². The Morgan fingerprint density at radius 2 is 2.25 bits per heavy atom. The van der Waals surface area contributed by atoms with Crippen molar-refractivity contribution >= 4 is 40.9 Å². The van der Waals surface area contributed by atoms with Crippen LogP contribution in [0.15, 0.2) is 17.0 Å². The second-order valence-corrected chi connectivity index (χ2v) is 4.71. The molecule has 0 fully saturated rings. The molecule has 84 valence electrons. The van der Waals surface area contributed by atoms with Crippen molar-refractivity contribution in [1.82, 2.24) is 0 Å². The van der Waals surface area contributed by atoms with Gasteiger partial charge in [-0.15, -0.1) is 11.8 Å². The van der Waals surface area contributed by atoms with Crippen molar-refractivity contribution in [1.29, 1.82) is 0 Å². The first-order valence-electron chi connectivity index (χ1n) is 4.47. The molecule has 0 aromatic heterocycles. The minimum absolute atomic E-state index is 0.0815. The van der Waals surface area contributed by atoms with Gasteiger partial charge in [-0.3, -0.25) is 4.79 Å². The summed E-state index contributed by atoms with van der Waals surface area (Å²) in [7, 11) is 1.60. The molecule has 0 bridgehead atoms. The molecule has 0 saturated carbocycles. The second kappa shape index (κ2) is 3.99. The Morgan fingerprint density at radius 3 is 2.88 bits per heavy atom. The van der Waals surface area contributed by atoms with Gasteiger partial charge in [-0.05, 0) is 12.1 Å². The van der Waals surface area contributed by atoms with Crippen LogP contribution in [0.25, 0.3) is 0 Å². The summed E-state index contributed by atoms with van der Waals surface area (Å²) in [6, 6.07) is 2.96. The van der Waals surface area contributed by atoms with Gasteiger partial charge in [0.25, 0.3) is 0 Å². The molecule has 0 spiro atoms. The van der Waals surface area contributed by atoms with Crippen molar-refractivity contribution in [2.75, 3.05) is 17.7 Å². The van der Waals surface area contributed by atoms with Crippen molar-refractivity contribution in [3.63, 3.8) is 0 Å². The molecule has 1 aliphatic rings. The number of hydrogen-bond donors (Lipinski definition) is 1. The topological polar surface area (TPSA) is 57.6 Å². The Morgan fingerprint density at radius 1 is 1.56 bits per heavy atom. The summed E-state index contributed by atoms with van der Waals surface area (Å²) in [6.45, 7) is 0. The van der Waals surface area contributed by atoms with E-state index < -0.39 is 5.97 Å². The van der Waals surface area contributed by atoms with Gasteiger partial charge in [0.2, 0.25) is 5.91 Å². The number of rotatable bonds is 1. The summed E-state index contributed by atoms with van der Waals surface area (Å²) in [4.78, 5) is 24.5. The highest BCUT2D eigenvalue weighted by molar-refractivity contribution is 8.00. The number of nitrogens with zero attached hydrogens (tertiary/aromatic N) is 1. The molecule has 0 aliphatic carbocycles. The Kier molecular flexibility index (Phi) is 2.82. The number of fused-ring (bicyclic) bond motifs is 1. The van der Waals surface area contributed by atoms with E-state index in [1.54, 1.807) is 7.05 Å². The van der Waals surface area contributed by atoms with E-state index in [0.717, 1.165) is 0 Å². The number of halogens is 1. The zero-order chi connectivity index (χ0) is 11.9. The van der Waals surface area contributed by atoms with Gasteiger partial charge < -0.3 is 10.0 Å². The molecule has 6 heteroatoms. The Bertz CT molecular complexity index is 489. The largest absolute Gasteiger partial charge is 0.478 e. The van der Waals surface area contributed by atoms with Gasteiger partial charge in [0.1, 0.15) is 0 Å². The van der Waals surface area contributed by atoms with E-state index >= 15 is 0 Å². The maximum Gasteiger partial charge on any atom is 0.336 e. The number of amides is 1. The number of anilines is 1. The molecule has 1 aromatic carbocycles. The summed E-state index contributed by atoms with van der Waals surface area (Å²) in [5, 5.41) is 9.42. The van der Waals surface area contributed by atoms with Gasteiger partial charge in [0.05, 0.1) is 22.0 Å². The normalized spacial score (nSPS) is 14.9. The zero-order valence-electron chi connectivity index (χ0n) is 8.36. The van der Waals surface area contributed by atoms with Gasteiger partial charge >= 0.3 is 5.97 Å². The maximum absolute atomic E-state index is 11.5. The smallest absolute Gasteiger partial charge is 0.336 e. The average Bonchev–Trinajstić information content (AvgIpc) is 2.23. The predicted molar refractivity (Wildman–Crippen MR) is 62.5 cm³/mol. The van der Waals surface area contributed by atoms with Gasteiger partial charge in [0, 0.05) is 11.9 Å². The molecule has 1 amide bonds. The quantitative estimate of drug-likeness (QED) is 0.837. The number of carboxylic acids is 1. The average molecular weight is 258 g/mol. The molecule has 2 rings (SSSR count). The lowest BCUT2D eigenvalue weighted by Crippen LogP contribution is -2.32. The Hall–Kier alpha value is -1.20. The van der Waals surface area contributed by atoms with Crippen LogP contribution in [0, 0.1) is 0 Å². The van der Waals surface area contributed by atoms with Gasteiger partial charge in [-0.25, -0.2) is 4.79 Å². The van der Waals surface area contributed by atoms with Crippen LogP contribution in [-0.4, -0.2) is 29.8 Å². The summed E-state index contributed by atoms with van der Waals surface area (Å²) in [6.07, 6.45) is 0. The lowest BCUT2D eigenvalue weighted by Gasteiger charge is -2.27. The van der Waals surface area contributed by atoms with Crippen molar-refractivity contribution in [3.8, 4) is 0 Å². The molecule has 0 atom stereocenters. The van der Waals surface area contributed by atoms with E-state index in [-0.39, 0.29) is 17.2 Å². The first-order valence-corrected chi connectivity index (χ1v) is 5.84. The third-order valence-corrected chi connectivity index (χ3v) is 3.76. The van der Waals surface area contributed by atoms with Crippen LogP contribution in [0.5, 0.6) is 0 Å². The summed E-state index contributed by atoms with van der Waals surface area (Å²) < 4.78 is 0. The number of hydrogen-bond acceptors (Lipinski definition) is 3. The number of carbonyl (C=O) groups is 2. The third kappa shape index (κ3) is 1.66. The lowest BCUT2D eigenvalue weighted by atomic mass is 10.2. The second-order valence-electron chi connectivity index (χ2n) is 3.32. The van der Waals surface area contributed by atoms with Crippen LogP contribution < -0.4 is 4.90 Å². The van der Waals surface area contributed by atoms with Crippen LogP contribution >= 0.6 is 23.4 Å². The molecular formula is C10H8ClNO3S. The number of aromatic carboxylic acids is 1. The van der Waals surface area contributed by atoms with Crippen molar-refractivity contribution in [2.45, 2.75) is 4.90 Å². The molecule has 0 saturated heterocycles. The van der Waals surface area contributed by atoms with Gasteiger partial charge in [-0.2, -0.15) is 0 Å². The first-order chi connectivity index (χ1) is 7.52. The standard InChI is InChI=1S/C10H8ClNO3S/c1-12-7(13)4-16-9-5(10(14)15)2-3-6(11)8(9)12/h2-3H,4H2,1H3,(H,14,15). The number of thioether (sulfide) groups is 1. The SMILES string of the molecule is CN1C(=O)CSc2c(C(=O)O)ccc(Cl)c21. The molecule has 4 nitrogen and oxygen atoms in total. The van der Waals surface area contributed by atoms with Crippen LogP contribution in [0.4, 0.5) is 5.69 Å². The van der Waals surface area contributed by atoms with E-state index in [1.165, 1.54) is 28.8 Å². The molecule has 1 heterocycles. The van der Waals surface area contributed by atoms with Crippen molar-refractivity contribution in [3.05, 3.63) is 22.7 Å². The van der Waals surface area contributed by atoms with Crippen molar-refractivity contribution in [2.24, 2.45) is 0 Å². The third-order valence-electron chi connectivity index (χ3n) is 2.36. The summed E-state index contributed by atoms with van der Waals surface area (Å²) >= 11 is 7.19. The van der Waals surface area contributed by atoms with Gasteiger partial charge in [-0.1, -0.05) is 11.6 Å². The van der Waals surface area contributed by atoms with E-state index in [2.05, 4.69) is 0 Å². The Labute approximate surface area is 101 Å². The predicted octanol–water partition coefficient (Wildman–Crippen LogP) is 2.11. The fraction of sp³-hybridized carbons (Fsp3) is 0.200.